The van der Waals surface area contributed by atoms with Gasteiger partial charge < -0.3 is 16.0 Å². The Morgan fingerprint density at radius 2 is 2.44 bits per heavy atom. The third kappa shape index (κ3) is 2.14. The molecule has 0 bridgehead atoms. The van der Waals surface area contributed by atoms with Crippen molar-refractivity contribution in [3.8, 4) is 0 Å². The van der Waals surface area contributed by atoms with E-state index in [0.29, 0.717) is 13.1 Å². The Balaban J connectivity index is 2.28. The Bertz CT molecular complexity index is 391. The molecule has 5 heteroatoms. The average molecular weight is 220 g/mol. The van der Waals surface area contributed by atoms with Gasteiger partial charge in [0.2, 0.25) is 5.91 Å². The molecule has 86 valence electrons. The second kappa shape index (κ2) is 4.49. The molecule has 1 aliphatic rings. The van der Waals surface area contributed by atoms with Gasteiger partial charge in [-0.3, -0.25) is 4.79 Å². The maximum Gasteiger partial charge on any atom is 0.239 e. The van der Waals surface area contributed by atoms with E-state index in [4.69, 9.17) is 5.73 Å². The van der Waals surface area contributed by atoms with E-state index in [1.54, 1.807) is 6.20 Å². The van der Waals surface area contributed by atoms with Gasteiger partial charge in [0.25, 0.3) is 0 Å². The Labute approximate surface area is 94.6 Å². The third-order valence-electron chi connectivity index (χ3n) is 2.65. The molecular weight excluding hydrogens is 204 g/mol. The fraction of sp³-hybridized carbons (Fsp3) is 0.455. The minimum atomic E-state index is -0.0753. The number of carbonyl (C=O) groups excluding carboxylic acids is 1. The molecule has 1 aromatic heterocycles. The van der Waals surface area contributed by atoms with Crippen LogP contribution in [0.5, 0.6) is 0 Å². The van der Waals surface area contributed by atoms with Crippen LogP contribution in [-0.4, -0.2) is 30.5 Å². The molecule has 2 rings (SSSR count). The fourth-order valence-corrected chi connectivity index (χ4v) is 1.85. The van der Waals surface area contributed by atoms with Crippen LogP contribution in [0.1, 0.15) is 18.5 Å². The van der Waals surface area contributed by atoms with Gasteiger partial charge in [-0.15, -0.1) is 0 Å². The monoisotopic (exact) mass is 220 g/mol. The molecule has 2 heterocycles. The van der Waals surface area contributed by atoms with E-state index in [-0.39, 0.29) is 11.9 Å². The van der Waals surface area contributed by atoms with Gasteiger partial charge >= 0.3 is 0 Å². The van der Waals surface area contributed by atoms with Gasteiger partial charge in [-0.05, 0) is 13.0 Å². The SMILES string of the molecule is CC(N)c1cccnc1N1CCNC(=O)C1. The van der Waals surface area contributed by atoms with Crippen molar-refractivity contribution in [2.75, 3.05) is 24.5 Å². The maximum atomic E-state index is 11.3. The van der Waals surface area contributed by atoms with Crippen molar-refractivity contribution in [2.24, 2.45) is 5.73 Å². The number of aromatic nitrogens is 1. The predicted molar refractivity (Wildman–Crippen MR) is 62.1 cm³/mol. The van der Waals surface area contributed by atoms with Crippen LogP contribution in [0.2, 0.25) is 0 Å². The topological polar surface area (TPSA) is 71.2 Å². The van der Waals surface area contributed by atoms with Crippen LogP contribution in [0.25, 0.3) is 0 Å². The van der Waals surface area contributed by atoms with Crippen molar-refractivity contribution in [3.63, 3.8) is 0 Å². The van der Waals surface area contributed by atoms with E-state index in [2.05, 4.69) is 10.3 Å². The van der Waals surface area contributed by atoms with Crippen LogP contribution in [-0.2, 0) is 4.79 Å². The molecule has 0 spiro atoms. The van der Waals surface area contributed by atoms with Crippen LogP contribution >= 0.6 is 0 Å². The van der Waals surface area contributed by atoms with Crippen LogP contribution in [0.3, 0.4) is 0 Å². The third-order valence-corrected chi connectivity index (χ3v) is 2.65. The highest BCUT2D eigenvalue weighted by molar-refractivity contribution is 5.82. The standard InChI is InChI=1S/C11H16N4O/c1-8(12)9-3-2-4-14-11(9)15-6-5-13-10(16)7-15/h2-4,8H,5-7,12H2,1H3,(H,13,16). The summed E-state index contributed by atoms with van der Waals surface area (Å²) in [6, 6.07) is 3.75. The summed E-state index contributed by atoms with van der Waals surface area (Å²) in [5.41, 5.74) is 6.87. The quantitative estimate of drug-likeness (QED) is 0.738. The molecule has 0 aromatic carbocycles. The molecular formula is C11H16N4O. The van der Waals surface area contributed by atoms with Gasteiger partial charge in [0.1, 0.15) is 5.82 Å². The van der Waals surface area contributed by atoms with Crippen molar-refractivity contribution < 1.29 is 4.79 Å². The number of hydrogen-bond donors (Lipinski definition) is 2. The van der Waals surface area contributed by atoms with Crippen molar-refractivity contribution in [1.82, 2.24) is 10.3 Å². The molecule has 1 aromatic rings. The Kier molecular flexibility index (Phi) is 3.05. The van der Waals surface area contributed by atoms with E-state index in [1.165, 1.54) is 0 Å². The number of nitrogens with two attached hydrogens (primary N) is 1. The van der Waals surface area contributed by atoms with E-state index in [9.17, 15) is 4.79 Å². The normalized spacial score (nSPS) is 18.1. The first-order valence-corrected chi connectivity index (χ1v) is 5.40. The first-order chi connectivity index (χ1) is 7.68. The first kappa shape index (κ1) is 10.9. The number of nitrogens with zero attached hydrogens (tertiary/aromatic N) is 2. The molecule has 3 N–H and O–H groups in total. The summed E-state index contributed by atoms with van der Waals surface area (Å²) in [7, 11) is 0. The number of nitrogens with one attached hydrogen (secondary N) is 1. The molecule has 16 heavy (non-hydrogen) atoms. The second-order valence-corrected chi connectivity index (χ2v) is 3.98. The Morgan fingerprint density at radius 1 is 1.62 bits per heavy atom. The van der Waals surface area contributed by atoms with Crippen molar-refractivity contribution in [3.05, 3.63) is 23.9 Å². The first-order valence-electron chi connectivity index (χ1n) is 5.40. The molecule has 0 aliphatic carbocycles. The number of amides is 1. The number of piperazine rings is 1. The summed E-state index contributed by atoms with van der Waals surface area (Å²) in [5.74, 6) is 0.861. The zero-order valence-electron chi connectivity index (χ0n) is 9.31. The summed E-state index contributed by atoms with van der Waals surface area (Å²) in [4.78, 5) is 17.6. The lowest BCUT2D eigenvalue weighted by molar-refractivity contribution is -0.120. The highest BCUT2D eigenvalue weighted by Gasteiger charge is 2.20. The van der Waals surface area contributed by atoms with Crippen LogP contribution in [0.4, 0.5) is 5.82 Å². The highest BCUT2D eigenvalue weighted by atomic mass is 16.2. The van der Waals surface area contributed by atoms with Gasteiger partial charge in [-0.2, -0.15) is 0 Å². The summed E-state index contributed by atoms with van der Waals surface area (Å²) < 4.78 is 0. The molecule has 1 atom stereocenters. The number of pyridine rings is 1. The molecule has 1 saturated heterocycles. The summed E-state index contributed by atoms with van der Waals surface area (Å²) in [5, 5.41) is 2.79. The lowest BCUT2D eigenvalue weighted by Crippen LogP contribution is -2.48. The summed E-state index contributed by atoms with van der Waals surface area (Å²) >= 11 is 0. The average Bonchev–Trinajstić information content (AvgIpc) is 2.29. The van der Waals surface area contributed by atoms with Crippen LogP contribution in [0.15, 0.2) is 18.3 Å². The van der Waals surface area contributed by atoms with Crippen molar-refractivity contribution in [1.29, 1.82) is 0 Å². The fourth-order valence-electron chi connectivity index (χ4n) is 1.85. The molecule has 1 unspecified atom stereocenters. The molecule has 0 saturated carbocycles. The second-order valence-electron chi connectivity index (χ2n) is 3.98. The van der Waals surface area contributed by atoms with E-state index >= 15 is 0 Å². The smallest absolute Gasteiger partial charge is 0.239 e. The summed E-state index contributed by atoms with van der Waals surface area (Å²) in [6.45, 7) is 3.72. The van der Waals surface area contributed by atoms with E-state index in [1.807, 2.05) is 24.0 Å². The number of hydrogen-bond acceptors (Lipinski definition) is 4. The van der Waals surface area contributed by atoms with Gasteiger partial charge in [-0.25, -0.2) is 4.98 Å². The Hall–Kier alpha value is -1.62. The summed E-state index contributed by atoms with van der Waals surface area (Å²) in [6.07, 6.45) is 1.73. The number of anilines is 1. The molecule has 0 radical (unpaired) electrons. The lowest BCUT2D eigenvalue weighted by Gasteiger charge is -2.29. The molecule has 5 nitrogen and oxygen atoms in total. The predicted octanol–water partition coefficient (Wildman–Crippen LogP) is 0.0375. The number of carbonyl (C=O) groups is 1. The molecule has 1 fully saturated rings. The zero-order chi connectivity index (χ0) is 11.5. The van der Waals surface area contributed by atoms with Crippen molar-refractivity contribution >= 4 is 11.7 Å². The maximum absolute atomic E-state index is 11.3. The Morgan fingerprint density at radius 3 is 3.12 bits per heavy atom. The van der Waals surface area contributed by atoms with Crippen LogP contribution < -0.4 is 16.0 Å². The zero-order valence-corrected chi connectivity index (χ0v) is 9.31. The van der Waals surface area contributed by atoms with Gasteiger partial charge in [0, 0.05) is 30.9 Å². The van der Waals surface area contributed by atoms with Gasteiger partial charge in [-0.1, -0.05) is 6.07 Å². The van der Waals surface area contributed by atoms with Gasteiger partial charge in [0.15, 0.2) is 0 Å². The highest BCUT2D eigenvalue weighted by Crippen LogP contribution is 2.22. The number of rotatable bonds is 2. The van der Waals surface area contributed by atoms with E-state index in [0.717, 1.165) is 17.9 Å². The lowest BCUT2D eigenvalue weighted by atomic mass is 10.1. The van der Waals surface area contributed by atoms with E-state index < -0.39 is 0 Å². The van der Waals surface area contributed by atoms with Crippen molar-refractivity contribution in [2.45, 2.75) is 13.0 Å². The largest absolute Gasteiger partial charge is 0.353 e. The van der Waals surface area contributed by atoms with Crippen LogP contribution in [0, 0.1) is 0 Å². The minimum absolute atomic E-state index is 0.0347. The molecule has 1 aliphatic heterocycles. The molecule has 1 amide bonds. The minimum Gasteiger partial charge on any atom is -0.353 e. The van der Waals surface area contributed by atoms with Gasteiger partial charge in [0.05, 0.1) is 6.54 Å².